The lowest BCUT2D eigenvalue weighted by atomic mass is 9.98. The summed E-state index contributed by atoms with van der Waals surface area (Å²) in [5.74, 6) is 2.38. The van der Waals surface area contributed by atoms with E-state index < -0.39 is 6.10 Å². The zero-order valence-corrected chi connectivity index (χ0v) is 17.6. The molecule has 1 atom stereocenters. The highest BCUT2D eigenvalue weighted by Crippen LogP contribution is 2.35. The maximum Gasteiger partial charge on any atom is 0.140 e. The maximum absolute atomic E-state index is 10.2. The van der Waals surface area contributed by atoms with Gasteiger partial charge in [-0.2, -0.15) is 0 Å². The van der Waals surface area contributed by atoms with Gasteiger partial charge < -0.3 is 24.2 Å². The van der Waals surface area contributed by atoms with Gasteiger partial charge >= 0.3 is 0 Å². The zero-order chi connectivity index (χ0) is 21.1. The van der Waals surface area contributed by atoms with Crippen LogP contribution in [0.4, 0.5) is 5.82 Å². The number of nitrogens with zero attached hydrogens (tertiary/aromatic N) is 3. The number of benzene rings is 2. The Kier molecular flexibility index (Phi) is 6.01. The number of hydrogen-bond donors (Lipinski definition) is 1. The van der Waals surface area contributed by atoms with Gasteiger partial charge in [-0.15, -0.1) is 0 Å². The first-order valence-electron chi connectivity index (χ1n) is 10.1. The maximum atomic E-state index is 10.2. The van der Waals surface area contributed by atoms with Crippen LogP contribution >= 0.6 is 0 Å². The van der Waals surface area contributed by atoms with Crippen molar-refractivity contribution in [2.75, 3.05) is 38.9 Å². The predicted octanol–water partition coefficient (Wildman–Crippen LogP) is 3.28. The molecule has 7 heteroatoms. The first-order valence-corrected chi connectivity index (χ1v) is 10.1. The molecule has 0 amide bonds. The average Bonchev–Trinajstić information content (AvgIpc) is 2.77. The third kappa shape index (κ3) is 4.04. The summed E-state index contributed by atoms with van der Waals surface area (Å²) in [6.07, 6.45) is 1.85. The lowest BCUT2D eigenvalue weighted by Crippen LogP contribution is -2.31. The van der Waals surface area contributed by atoms with Crippen LogP contribution in [-0.2, 0) is 17.7 Å². The molecule has 30 heavy (non-hydrogen) atoms. The predicted molar refractivity (Wildman–Crippen MR) is 115 cm³/mol. The van der Waals surface area contributed by atoms with Crippen molar-refractivity contribution in [3.05, 3.63) is 53.3 Å². The van der Waals surface area contributed by atoms with Crippen molar-refractivity contribution in [2.45, 2.75) is 26.0 Å². The van der Waals surface area contributed by atoms with Gasteiger partial charge in [-0.1, -0.05) is 6.07 Å². The SMILES string of the molecule is COCCOc1ccc2c(c1)CCN(c1ncnc3cc(OC)c(C(C)O)cc13)C2. The zero-order valence-electron chi connectivity index (χ0n) is 17.6. The number of rotatable bonds is 7. The molecule has 0 aliphatic carbocycles. The largest absolute Gasteiger partial charge is 0.496 e. The number of hydrogen-bond acceptors (Lipinski definition) is 7. The standard InChI is InChI=1S/C23H27N3O4/c1-15(27)19-11-20-21(12-22(19)29-3)24-14-25-23(20)26-7-6-16-10-18(30-9-8-28-2)5-4-17(16)13-26/h4-5,10-12,14-15,27H,6-9,13H2,1-3H3. The van der Waals surface area contributed by atoms with Crippen LogP contribution < -0.4 is 14.4 Å². The molecule has 1 N–H and O–H groups in total. The van der Waals surface area contributed by atoms with Crippen LogP contribution in [0.2, 0.25) is 0 Å². The second-order valence-electron chi connectivity index (χ2n) is 7.43. The fraction of sp³-hybridized carbons (Fsp3) is 0.391. The smallest absolute Gasteiger partial charge is 0.140 e. The van der Waals surface area contributed by atoms with E-state index in [2.05, 4.69) is 27.0 Å². The van der Waals surface area contributed by atoms with Crippen molar-refractivity contribution in [1.29, 1.82) is 0 Å². The van der Waals surface area contributed by atoms with Gasteiger partial charge in [-0.05, 0) is 42.7 Å². The summed E-state index contributed by atoms with van der Waals surface area (Å²) in [6.45, 7) is 4.46. The van der Waals surface area contributed by atoms with Gasteiger partial charge in [0.15, 0.2) is 0 Å². The Morgan fingerprint density at radius 2 is 1.97 bits per heavy atom. The summed E-state index contributed by atoms with van der Waals surface area (Å²) < 4.78 is 16.2. The minimum absolute atomic E-state index is 0.545. The van der Waals surface area contributed by atoms with E-state index in [1.54, 1.807) is 27.5 Å². The minimum Gasteiger partial charge on any atom is -0.496 e. The monoisotopic (exact) mass is 409 g/mol. The third-order valence-electron chi connectivity index (χ3n) is 5.46. The van der Waals surface area contributed by atoms with Gasteiger partial charge in [0.1, 0.15) is 30.3 Å². The molecule has 7 nitrogen and oxygen atoms in total. The van der Waals surface area contributed by atoms with Gasteiger partial charge in [0.05, 0.1) is 25.3 Å². The average molecular weight is 409 g/mol. The summed E-state index contributed by atoms with van der Waals surface area (Å²) in [5.41, 5.74) is 4.09. The number of methoxy groups -OCH3 is 2. The lowest BCUT2D eigenvalue weighted by molar-refractivity contribution is 0.146. The third-order valence-corrected chi connectivity index (χ3v) is 5.46. The lowest BCUT2D eigenvalue weighted by Gasteiger charge is -2.31. The Bertz CT molecular complexity index is 1040. The van der Waals surface area contributed by atoms with Crippen molar-refractivity contribution in [3.63, 3.8) is 0 Å². The van der Waals surface area contributed by atoms with E-state index in [9.17, 15) is 5.11 Å². The van der Waals surface area contributed by atoms with Gasteiger partial charge in [0.25, 0.3) is 0 Å². The summed E-state index contributed by atoms with van der Waals surface area (Å²) in [7, 11) is 3.27. The molecule has 4 rings (SSSR count). The molecule has 3 aromatic rings. The topological polar surface area (TPSA) is 76.9 Å². The number of aliphatic hydroxyl groups excluding tert-OH is 1. The summed E-state index contributed by atoms with van der Waals surface area (Å²) in [4.78, 5) is 11.3. The van der Waals surface area contributed by atoms with Crippen molar-refractivity contribution < 1.29 is 19.3 Å². The fourth-order valence-corrected chi connectivity index (χ4v) is 3.89. The number of aliphatic hydroxyl groups is 1. The molecule has 1 unspecified atom stereocenters. The quantitative estimate of drug-likeness (QED) is 0.600. The van der Waals surface area contributed by atoms with Crippen molar-refractivity contribution in [3.8, 4) is 11.5 Å². The number of fused-ring (bicyclic) bond motifs is 2. The van der Waals surface area contributed by atoms with Crippen molar-refractivity contribution >= 4 is 16.7 Å². The number of ether oxygens (including phenoxy) is 3. The molecule has 0 fully saturated rings. The van der Waals surface area contributed by atoms with Crippen molar-refractivity contribution in [2.24, 2.45) is 0 Å². The molecule has 0 saturated heterocycles. The van der Waals surface area contributed by atoms with E-state index in [4.69, 9.17) is 14.2 Å². The van der Waals surface area contributed by atoms with E-state index in [1.807, 2.05) is 18.2 Å². The van der Waals surface area contributed by atoms with Crippen LogP contribution in [0.3, 0.4) is 0 Å². The Morgan fingerprint density at radius 3 is 2.73 bits per heavy atom. The molecule has 1 aliphatic rings. The number of aromatic nitrogens is 2. The Hall–Kier alpha value is -2.90. The molecule has 0 bridgehead atoms. The summed E-state index contributed by atoms with van der Waals surface area (Å²) >= 11 is 0. The minimum atomic E-state index is -0.643. The van der Waals surface area contributed by atoms with Crippen LogP contribution in [-0.4, -0.2) is 49.1 Å². The van der Waals surface area contributed by atoms with Crippen LogP contribution in [0.5, 0.6) is 11.5 Å². The van der Waals surface area contributed by atoms with Crippen LogP contribution in [0.15, 0.2) is 36.7 Å². The Balaban J connectivity index is 1.63. The highest BCUT2D eigenvalue weighted by atomic mass is 16.5. The highest BCUT2D eigenvalue weighted by Gasteiger charge is 2.21. The van der Waals surface area contributed by atoms with Gasteiger partial charge in [0.2, 0.25) is 0 Å². The molecule has 0 saturated carbocycles. The Labute approximate surface area is 176 Å². The van der Waals surface area contributed by atoms with Crippen LogP contribution in [0.1, 0.15) is 29.7 Å². The Morgan fingerprint density at radius 1 is 1.10 bits per heavy atom. The first kappa shape index (κ1) is 20.4. The molecule has 0 spiro atoms. The summed E-state index contributed by atoms with van der Waals surface area (Å²) in [6, 6.07) is 10.1. The van der Waals surface area contributed by atoms with Gasteiger partial charge in [-0.25, -0.2) is 9.97 Å². The molecule has 1 aromatic heterocycles. The van der Waals surface area contributed by atoms with Gasteiger partial charge in [-0.3, -0.25) is 0 Å². The molecule has 2 aromatic carbocycles. The molecular formula is C23H27N3O4. The van der Waals surface area contributed by atoms with E-state index in [0.29, 0.717) is 19.0 Å². The molecule has 1 aliphatic heterocycles. The molecule has 2 heterocycles. The van der Waals surface area contributed by atoms with E-state index >= 15 is 0 Å². The number of anilines is 1. The van der Waals surface area contributed by atoms with E-state index in [-0.39, 0.29) is 0 Å². The molecule has 158 valence electrons. The summed E-state index contributed by atoms with van der Waals surface area (Å²) in [5, 5.41) is 11.1. The highest BCUT2D eigenvalue weighted by molar-refractivity contribution is 5.91. The van der Waals surface area contributed by atoms with Crippen LogP contribution in [0, 0.1) is 0 Å². The molecule has 0 radical (unpaired) electrons. The second kappa shape index (κ2) is 8.85. The molecular weight excluding hydrogens is 382 g/mol. The normalized spacial score (nSPS) is 14.5. The van der Waals surface area contributed by atoms with E-state index in [1.165, 1.54) is 11.1 Å². The second-order valence-corrected chi connectivity index (χ2v) is 7.43. The van der Waals surface area contributed by atoms with Crippen molar-refractivity contribution in [1.82, 2.24) is 9.97 Å². The van der Waals surface area contributed by atoms with E-state index in [0.717, 1.165) is 47.5 Å². The van der Waals surface area contributed by atoms with Gasteiger partial charge in [0, 0.05) is 37.2 Å². The fourth-order valence-electron chi connectivity index (χ4n) is 3.89. The van der Waals surface area contributed by atoms with Crippen LogP contribution in [0.25, 0.3) is 10.9 Å². The first-order chi connectivity index (χ1) is 14.6.